The number of allylic oxidation sites excluding steroid dienone is 1. The summed E-state index contributed by atoms with van der Waals surface area (Å²) in [7, 11) is 0. The first-order valence-electron chi connectivity index (χ1n) is 10.8. The molecule has 0 unspecified atom stereocenters. The highest BCUT2D eigenvalue weighted by Crippen LogP contribution is 2.36. The predicted molar refractivity (Wildman–Crippen MR) is 145 cm³/mol. The molecule has 0 amide bonds. The van der Waals surface area contributed by atoms with E-state index in [2.05, 4.69) is 58.5 Å². The number of aromatic nitrogens is 2. The zero-order valence-electron chi connectivity index (χ0n) is 19.1. The SMILES string of the molecule is CCOc1cc(/C=C(\C#N)c2nc3cc(C)c(C)cc3[nH]2)cc(I)c1OCc1ccccc1Cl. The number of fused-ring (bicyclic) bond motifs is 1. The number of aryl methyl sites for hydroxylation is 2. The number of nitriles is 1. The molecule has 7 heteroatoms. The number of halogens is 2. The van der Waals surface area contributed by atoms with Gasteiger partial charge in [0.1, 0.15) is 18.5 Å². The molecule has 0 aliphatic heterocycles. The highest BCUT2D eigenvalue weighted by atomic mass is 127. The molecule has 1 N–H and O–H groups in total. The van der Waals surface area contributed by atoms with E-state index >= 15 is 0 Å². The molecule has 0 radical (unpaired) electrons. The molecule has 172 valence electrons. The predicted octanol–water partition coefficient (Wildman–Crippen LogP) is 7.48. The van der Waals surface area contributed by atoms with Crippen LogP contribution in [0.4, 0.5) is 0 Å². The zero-order chi connectivity index (χ0) is 24.2. The lowest BCUT2D eigenvalue weighted by molar-refractivity contribution is 0.267. The van der Waals surface area contributed by atoms with Crippen LogP contribution in [-0.4, -0.2) is 16.6 Å². The van der Waals surface area contributed by atoms with Crippen molar-refractivity contribution in [3.05, 3.63) is 85.2 Å². The number of H-pyrrole nitrogens is 1. The van der Waals surface area contributed by atoms with Crippen molar-refractivity contribution in [2.45, 2.75) is 27.4 Å². The van der Waals surface area contributed by atoms with Crippen molar-refractivity contribution in [1.82, 2.24) is 9.97 Å². The average molecular weight is 584 g/mol. The van der Waals surface area contributed by atoms with Crippen LogP contribution >= 0.6 is 34.2 Å². The summed E-state index contributed by atoms with van der Waals surface area (Å²) >= 11 is 8.50. The van der Waals surface area contributed by atoms with Crippen LogP contribution in [0, 0.1) is 28.7 Å². The van der Waals surface area contributed by atoms with Crippen molar-refractivity contribution in [3.63, 3.8) is 0 Å². The number of imidazole rings is 1. The highest BCUT2D eigenvalue weighted by Gasteiger charge is 2.15. The first-order valence-corrected chi connectivity index (χ1v) is 12.3. The topological polar surface area (TPSA) is 70.9 Å². The van der Waals surface area contributed by atoms with E-state index in [1.807, 2.05) is 49.4 Å². The number of nitrogens with one attached hydrogen (secondary N) is 1. The lowest BCUT2D eigenvalue weighted by Gasteiger charge is -2.15. The first kappa shape index (κ1) is 24.1. The molecule has 4 rings (SSSR count). The molecule has 4 aromatic rings. The Morgan fingerprint density at radius 2 is 1.91 bits per heavy atom. The molecule has 0 bridgehead atoms. The van der Waals surface area contributed by atoms with Crippen molar-refractivity contribution in [2.24, 2.45) is 0 Å². The van der Waals surface area contributed by atoms with Gasteiger partial charge in [0.25, 0.3) is 0 Å². The van der Waals surface area contributed by atoms with E-state index in [0.717, 1.165) is 31.3 Å². The van der Waals surface area contributed by atoms with Crippen molar-refractivity contribution >= 4 is 56.9 Å². The van der Waals surface area contributed by atoms with Crippen molar-refractivity contribution < 1.29 is 9.47 Å². The summed E-state index contributed by atoms with van der Waals surface area (Å²) in [5.41, 5.74) is 6.24. The summed E-state index contributed by atoms with van der Waals surface area (Å²) in [5.74, 6) is 1.79. The average Bonchev–Trinajstić information content (AvgIpc) is 3.21. The molecule has 0 spiro atoms. The van der Waals surface area contributed by atoms with Gasteiger partial charge in [0, 0.05) is 10.6 Å². The summed E-state index contributed by atoms with van der Waals surface area (Å²) in [6.45, 7) is 6.84. The number of nitrogens with zero attached hydrogens (tertiary/aromatic N) is 2. The standard InChI is InChI=1S/C27H23ClIN3O2/c1-4-33-25-13-18(12-22(29)26(25)34-15-19-7-5-6-8-21(19)28)11-20(14-30)27-31-23-9-16(2)17(3)10-24(23)32-27/h5-13H,4,15H2,1-3H3,(H,31,32)/b20-11+. The second-order valence-electron chi connectivity index (χ2n) is 7.85. The number of hydrogen-bond acceptors (Lipinski definition) is 4. The van der Waals surface area contributed by atoms with Crippen LogP contribution in [0.5, 0.6) is 11.5 Å². The van der Waals surface area contributed by atoms with Gasteiger partial charge in [0.15, 0.2) is 11.5 Å². The molecule has 0 saturated heterocycles. The van der Waals surface area contributed by atoms with Gasteiger partial charge in [-0.15, -0.1) is 0 Å². The van der Waals surface area contributed by atoms with Gasteiger partial charge in [-0.25, -0.2) is 4.98 Å². The lowest BCUT2D eigenvalue weighted by Crippen LogP contribution is -2.02. The van der Waals surface area contributed by atoms with Gasteiger partial charge < -0.3 is 14.5 Å². The van der Waals surface area contributed by atoms with Gasteiger partial charge in [0.2, 0.25) is 0 Å². The van der Waals surface area contributed by atoms with Gasteiger partial charge in [-0.2, -0.15) is 5.26 Å². The van der Waals surface area contributed by atoms with Gasteiger partial charge in [0.05, 0.1) is 26.8 Å². The largest absolute Gasteiger partial charge is 0.490 e. The van der Waals surface area contributed by atoms with Crippen LogP contribution in [0.3, 0.4) is 0 Å². The number of rotatable bonds is 7. The van der Waals surface area contributed by atoms with Crippen molar-refractivity contribution in [1.29, 1.82) is 5.26 Å². The Kier molecular flexibility index (Phi) is 7.44. The lowest BCUT2D eigenvalue weighted by atomic mass is 10.1. The summed E-state index contributed by atoms with van der Waals surface area (Å²) in [4.78, 5) is 7.91. The number of aromatic amines is 1. The molecular formula is C27H23ClIN3O2. The summed E-state index contributed by atoms with van der Waals surface area (Å²) in [5, 5.41) is 10.5. The van der Waals surface area contributed by atoms with Crippen LogP contribution in [0.2, 0.25) is 5.02 Å². The highest BCUT2D eigenvalue weighted by molar-refractivity contribution is 14.1. The van der Waals surface area contributed by atoms with E-state index in [0.29, 0.717) is 41.1 Å². The maximum absolute atomic E-state index is 9.86. The quantitative estimate of drug-likeness (QED) is 0.181. The van der Waals surface area contributed by atoms with Crippen LogP contribution in [0.1, 0.15) is 35.0 Å². The normalized spacial score (nSPS) is 11.5. The Bertz CT molecular complexity index is 1400. The van der Waals surface area contributed by atoms with Crippen LogP contribution in [-0.2, 0) is 6.61 Å². The van der Waals surface area contributed by atoms with Crippen molar-refractivity contribution in [3.8, 4) is 17.6 Å². The van der Waals surface area contributed by atoms with E-state index in [1.165, 1.54) is 5.56 Å². The van der Waals surface area contributed by atoms with Gasteiger partial charge in [-0.3, -0.25) is 0 Å². The summed E-state index contributed by atoms with van der Waals surface area (Å²) in [6, 6.07) is 17.8. The Hall–Kier alpha value is -3.02. The van der Waals surface area contributed by atoms with Crippen LogP contribution in [0.15, 0.2) is 48.5 Å². The Morgan fingerprint density at radius 1 is 1.15 bits per heavy atom. The maximum Gasteiger partial charge on any atom is 0.175 e. The molecule has 34 heavy (non-hydrogen) atoms. The molecular weight excluding hydrogens is 561 g/mol. The third-order valence-electron chi connectivity index (χ3n) is 5.45. The molecule has 3 aromatic carbocycles. The van der Waals surface area contributed by atoms with E-state index in [9.17, 15) is 5.26 Å². The van der Waals surface area contributed by atoms with Crippen LogP contribution < -0.4 is 9.47 Å². The fourth-order valence-corrected chi connectivity index (χ4v) is 4.53. The number of ether oxygens (including phenoxy) is 2. The van der Waals surface area contributed by atoms with E-state index in [4.69, 9.17) is 21.1 Å². The smallest absolute Gasteiger partial charge is 0.175 e. The van der Waals surface area contributed by atoms with E-state index < -0.39 is 0 Å². The molecule has 0 saturated carbocycles. The minimum absolute atomic E-state index is 0.326. The molecule has 5 nitrogen and oxygen atoms in total. The summed E-state index contributed by atoms with van der Waals surface area (Å²) < 4.78 is 12.8. The minimum atomic E-state index is 0.326. The minimum Gasteiger partial charge on any atom is -0.490 e. The fraction of sp³-hybridized carbons (Fsp3) is 0.185. The molecule has 1 heterocycles. The monoisotopic (exact) mass is 583 g/mol. The van der Waals surface area contributed by atoms with Crippen molar-refractivity contribution in [2.75, 3.05) is 6.61 Å². The Labute approximate surface area is 217 Å². The molecule has 0 aliphatic rings. The third kappa shape index (κ3) is 5.21. The Balaban J connectivity index is 1.68. The fourth-order valence-electron chi connectivity index (χ4n) is 3.56. The number of hydrogen-bond donors (Lipinski definition) is 1. The number of benzene rings is 3. The molecule has 1 aromatic heterocycles. The third-order valence-corrected chi connectivity index (χ3v) is 6.62. The molecule has 0 atom stereocenters. The second-order valence-corrected chi connectivity index (χ2v) is 9.42. The first-order chi connectivity index (χ1) is 16.4. The van der Waals surface area contributed by atoms with E-state index in [-0.39, 0.29) is 0 Å². The maximum atomic E-state index is 9.86. The molecule has 0 fully saturated rings. The molecule has 0 aliphatic carbocycles. The zero-order valence-corrected chi connectivity index (χ0v) is 22.0. The van der Waals surface area contributed by atoms with Gasteiger partial charge in [-0.1, -0.05) is 29.8 Å². The Morgan fingerprint density at radius 3 is 2.65 bits per heavy atom. The van der Waals surface area contributed by atoms with Crippen LogP contribution in [0.25, 0.3) is 22.7 Å². The van der Waals surface area contributed by atoms with Gasteiger partial charge >= 0.3 is 0 Å². The van der Waals surface area contributed by atoms with Gasteiger partial charge in [-0.05, 0) is 96.5 Å². The summed E-state index contributed by atoms with van der Waals surface area (Å²) in [6.07, 6.45) is 1.81. The van der Waals surface area contributed by atoms with E-state index in [1.54, 1.807) is 6.08 Å². The second kappa shape index (κ2) is 10.5.